The second kappa shape index (κ2) is 11.4. The minimum atomic E-state index is -1.82. The molecule has 0 radical (unpaired) electrons. The Bertz CT molecular complexity index is 607. The van der Waals surface area contributed by atoms with Crippen LogP contribution in [0, 0.1) is 0 Å². The zero-order valence-corrected chi connectivity index (χ0v) is 17.4. The van der Waals surface area contributed by atoms with Gasteiger partial charge in [-0.25, -0.2) is 0 Å². The van der Waals surface area contributed by atoms with Crippen LogP contribution in [0.2, 0.25) is 0 Å². The van der Waals surface area contributed by atoms with Gasteiger partial charge in [0.2, 0.25) is 0 Å². The van der Waals surface area contributed by atoms with Crippen LogP contribution in [0.25, 0.3) is 0 Å². The third kappa shape index (κ3) is 5.64. The lowest BCUT2D eigenvalue weighted by molar-refractivity contribution is -0.370. The van der Waals surface area contributed by atoms with Gasteiger partial charge in [0.1, 0.15) is 61.0 Å². The van der Waals surface area contributed by atoms with Crippen LogP contribution in [0.4, 0.5) is 0 Å². The number of ether oxygens (including phenoxy) is 5. The van der Waals surface area contributed by atoms with Crippen LogP contribution < -0.4 is 0 Å². The van der Waals surface area contributed by atoms with Crippen molar-refractivity contribution in [1.82, 2.24) is 0 Å². The molecule has 3 rings (SSSR count). The molecule has 15 heteroatoms. The van der Waals surface area contributed by atoms with Crippen molar-refractivity contribution in [2.75, 3.05) is 19.8 Å². The summed E-state index contributed by atoms with van der Waals surface area (Å²) in [5, 5.41) is 98.9. The normalized spacial score (nSPS) is 51.5. The highest BCUT2D eigenvalue weighted by Gasteiger charge is 2.52. The van der Waals surface area contributed by atoms with Gasteiger partial charge in [0, 0.05) is 6.42 Å². The summed E-state index contributed by atoms with van der Waals surface area (Å²) in [4.78, 5) is 0. The zero-order valence-electron chi connectivity index (χ0n) is 17.4. The first-order chi connectivity index (χ1) is 15.6. The van der Waals surface area contributed by atoms with Gasteiger partial charge in [-0.15, -0.1) is 0 Å². The van der Waals surface area contributed by atoms with Gasteiger partial charge >= 0.3 is 0 Å². The van der Waals surface area contributed by atoms with Crippen molar-refractivity contribution in [3.63, 3.8) is 0 Å². The number of aliphatic hydroxyl groups excluding tert-OH is 10. The van der Waals surface area contributed by atoms with E-state index in [1.54, 1.807) is 0 Å². The summed E-state index contributed by atoms with van der Waals surface area (Å²) < 4.78 is 26.8. The Hall–Kier alpha value is -0.600. The van der Waals surface area contributed by atoms with Gasteiger partial charge in [-0.2, -0.15) is 0 Å². The molecular formula is C18H32O15. The van der Waals surface area contributed by atoms with Crippen LogP contribution in [0.5, 0.6) is 0 Å². The molecule has 14 atom stereocenters. The molecule has 3 saturated heterocycles. The van der Waals surface area contributed by atoms with E-state index in [-0.39, 0.29) is 6.42 Å². The maximum atomic E-state index is 10.6. The highest BCUT2D eigenvalue weighted by molar-refractivity contribution is 4.95. The van der Waals surface area contributed by atoms with E-state index in [4.69, 9.17) is 23.7 Å². The molecule has 0 bridgehead atoms. The van der Waals surface area contributed by atoms with Crippen molar-refractivity contribution < 1.29 is 74.7 Å². The van der Waals surface area contributed by atoms with E-state index in [2.05, 4.69) is 0 Å². The largest absolute Gasteiger partial charge is 0.394 e. The third-order valence-corrected chi connectivity index (χ3v) is 5.98. The maximum Gasteiger partial charge on any atom is 0.187 e. The topological polar surface area (TPSA) is 248 Å². The molecule has 3 fully saturated rings. The van der Waals surface area contributed by atoms with Crippen molar-refractivity contribution in [3.8, 4) is 0 Å². The van der Waals surface area contributed by atoms with Crippen LogP contribution in [-0.2, 0) is 23.7 Å². The molecule has 15 nitrogen and oxygen atoms in total. The fourth-order valence-corrected chi connectivity index (χ4v) is 4.05. The minimum Gasteiger partial charge on any atom is -0.394 e. The second-order valence-corrected chi connectivity index (χ2v) is 8.22. The summed E-state index contributed by atoms with van der Waals surface area (Å²) in [6.07, 6.45) is -21.4. The van der Waals surface area contributed by atoms with E-state index in [1.807, 2.05) is 0 Å². The fraction of sp³-hybridized carbons (Fsp3) is 1.00. The van der Waals surface area contributed by atoms with Crippen LogP contribution >= 0.6 is 0 Å². The van der Waals surface area contributed by atoms with E-state index in [9.17, 15) is 51.1 Å². The van der Waals surface area contributed by atoms with Crippen molar-refractivity contribution in [2.24, 2.45) is 0 Å². The van der Waals surface area contributed by atoms with Crippen LogP contribution in [0.3, 0.4) is 0 Å². The molecule has 3 aliphatic heterocycles. The predicted octanol–water partition coefficient (Wildman–Crippen LogP) is -6.54. The lowest BCUT2D eigenvalue weighted by Crippen LogP contribution is -2.65. The monoisotopic (exact) mass is 488 g/mol. The Kier molecular flexibility index (Phi) is 9.35. The Morgan fingerprint density at radius 1 is 0.576 bits per heavy atom. The van der Waals surface area contributed by atoms with Crippen molar-refractivity contribution in [2.45, 2.75) is 92.4 Å². The highest BCUT2D eigenvalue weighted by atomic mass is 16.7. The van der Waals surface area contributed by atoms with Crippen LogP contribution in [-0.4, -0.2) is 157 Å². The molecule has 0 saturated carbocycles. The summed E-state index contributed by atoms with van der Waals surface area (Å²) in [5.74, 6) is 0. The third-order valence-electron chi connectivity index (χ3n) is 5.98. The predicted molar refractivity (Wildman–Crippen MR) is 99.9 cm³/mol. The Morgan fingerprint density at radius 2 is 1.12 bits per heavy atom. The quantitative estimate of drug-likeness (QED) is 0.160. The van der Waals surface area contributed by atoms with E-state index >= 15 is 0 Å². The molecule has 0 unspecified atom stereocenters. The number of hydrogen-bond donors (Lipinski definition) is 10. The molecule has 0 spiro atoms. The lowest BCUT2D eigenvalue weighted by Gasteiger charge is -2.47. The number of aliphatic hydroxyl groups is 10. The van der Waals surface area contributed by atoms with Crippen molar-refractivity contribution >= 4 is 0 Å². The summed E-state index contributed by atoms with van der Waals surface area (Å²) in [6, 6.07) is 0. The van der Waals surface area contributed by atoms with Gasteiger partial charge in [0.05, 0.1) is 25.9 Å². The first-order valence-electron chi connectivity index (χ1n) is 10.5. The molecule has 0 aromatic carbocycles. The molecule has 3 aliphatic rings. The molecule has 0 amide bonds. The van der Waals surface area contributed by atoms with E-state index in [1.165, 1.54) is 0 Å². The van der Waals surface area contributed by atoms with Gasteiger partial charge in [-0.3, -0.25) is 0 Å². The minimum absolute atomic E-state index is 0.237. The molecule has 10 N–H and O–H groups in total. The van der Waals surface area contributed by atoms with Crippen molar-refractivity contribution in [3.05, 3.63) is 0 Å². The summed E-state index contributed by atoms with van der Waals surface area (Å²) in [6.45, 7) is -2.09. The average Bonchev–Trinajstić information content (AvgIpc) is 2.80. The maximum absolute atomic E-state index is 10.6. The summed E-state index contributed by atoms with van der Waals surface area (Å²) in [5.41, 5.74) is 0. The first-order valence-corrected chi connectivity index (χ1v) is 10.5. The smallest absolute Gasteiger partial charge is 0.187 e. The second-order valence-electron chi connectivity index (χ2n) is 8.22. The van der Waals surface area contributed by atoms with E-state index < -0.39 is 106 Å². The highest BCUT2D eigenvalue weighted by Crippen LogP contribution is 2.31. The standard InChI is InChI=1S/C18H32O15/c19-2-6-10(23)5(22)1-9(29-6)32-15-8(4-21)31-18(14(27)12(15)25)33-16-7(3-20)30-17(28)13(26)11(16)24/h5-28H,1-4H2/t5-,6-,7-,8-,9+,10-,11-,12-,13-,14-,15-,16-,17-,18+/m1/s1. The molecule has 0 aromatic heterocycles. The first kappa shape index (κ1) is 27.0. The lowest BCUT2D eigenvalue weighted by atomic mass is 9.96. The summed E-state index contributed by atoms with van der Waals surface area (Å²) >= 11 is 0. The van der Waals surface area contributed by atoms with Gasteiger partial charge in [0.15, 0.2) is 18.9 Å². The SMILES string of the molecule is OC[C@H]1O[C@@H](O[C@H]2[C@H](O)[C@@H](O)[C@H](O[C@H]3[C@H](O)[C@@H](O)[C@H](O)O[C@@H]3CO)O[C@@H]2CO)C[C@@H](O)[C@H]1O. The Balaban J connectivity index is 1.68. The summed E-state index contributed by atoms with van der Waals surface area (Å²) in [7, 11) is 0. The average molecular weight is 488 g/mol. The van der Waals surface area contributed by atoms with Crippen LogP contribution in [0.15, 0.2) is 0 Å². The molecule has 33 heavy (non-hydrogen) atoms. The fourth-order valence-electron chi connectivity index (χ4n) is 4.05. The van der Waals surface area contributed by atoms with Gasteiger partial charge in [0.25, 0.3) is 0 Å². The van der Waals surface area contributed by atoms with Gasteiger partial charge in [-0.05, 0) is 0 Å². The van der Waals surface area contributed by atoms with Gasteiger partial charge < -0.3 is 74.7 Å². The Labute approximate surface area is 187 Å². The molecule has 3 heterocycles. The number of rotatable bonds is 7. The van der Waals surface area contributed by atoms with E-state index in [0.717, 1.165) is 0 Å². The number of hydrogen-bond acceptors (Lipinski definition) is 15. The zero-order chi connectivity index (χ0) is 24.4. The van der Waals surface area contributed by atoms with Crippen LogP contribution in [0.1, 0.15) is 6.42 Å². The van der Waals surface area contributed by atoms with Crippen molar-refractivity contribution in [1.29, 1.82) is 0 Å². The molecule has 0 aliphatic carbocycles. The van der Waals surface area contributed by atoms with E-state index in [0.29, 0.717) is 0 Å². The Morgan fingerprint density at radius 3 is 1.73 bits per heavy atom. The molecule has 0 aromatic rings. The molecule has 194 valence electrons. The van der Waals surface area contributed by atoms with Gasteiger partial charge in [-0.1, -0.05) is 0 Å². The molecular weight excluding hydrogens is 456 g/mol.